The van der Waals surface area contributed by atoms with Crippen LogP contribution in [0.5, 0.6) is 0 Å². The van der Waals surface area contributed by atoms with E-state index in [0.717, 1.165) is 33.8 Å². The predicted octanol–water partition coefficient (Wildman–Crippen LogP) is 2.52. The number of tetrazole rings is 1. The highest BCUT2D eigenvalue weighted by Crippen LogP contribution is 2.28. The Balaban J connectivity index is 1.71. The molecule has 25 heavy (non-hydrogen) atoms. The van der Waals surface area contributed by atoms with Crippen molar-refractivity contribution in [1.29, 1.82) is 0 Å². The first kappa shape index (κ1) is 15.2. The number of hydrogen-bond acceptors (Lipinski definition) is 5. The summed E-state index contributed by atoms with van der Waals surface area (Å²) in [6, 6.07) is 13.9. The molecule has 0 saturated carbocycles. The van der Waals surface area contributed by atoms with Crippen LogP contribution in [0.1, 0.15) is 11.4 Å². The molecule has 4 aromatic rings. The Hall–Kier alpha value is -3.32. The molecule has 0 spiro atoms. The van der Waals surface area contributed by atoms with Crippen LogP contribution in [0.25, 0.3) is 28.2 Å². The van der Waals surface area contributed by atoms with Crippen molar-refractivity contribution in [2.45, 2.75) is 13.5 Å². The van der Waals surface area contributed by atoms with Gasteiger partial charge >= 0.3 is 0 Å². The number of imidazole rings is 1. The molecular weight excluding hydrogens is 316 g/mol. The number of rotatable bonds is 4. The standard InChI is InChI=1S/C18H16N6O/c1-12-19-8-9-24(12)16-6-7-17(15(10-16)11-25)13-2-4-14(5-3-13)18-20-22-23-21-18/h2-10,25H,11H2,1H3,(H,20,21,22,23). The summed E-state index contributed by atoms with van der Waals surface area (Å²) in [7, 11) is 0. The predicted molar refractivity (Wildman–Crippen MR) is 92.8 cm³/mol. The molecule has 7 heteroatoms. The molecule has 0 saturated heterocycles. The lowest BCUT2D eigenvalue weighted by Gasteiger charge is -2.12. The van der Waals surface area contributed by atoms with E-state index in [1.807, 2.05) is 60.2 Å². The van der Waals surface area contributed by atoms with Crippen molar-refractivity contribution in [2.75, 3.05) is 0 Å². The van der Waals surface area contributed by atoms with Gasteiger partial charge < -0.3 is 9.67 Å². The quantitative estimate of drug-likeness (QED) is 0.599. The van der Waals surface area contributed by atoms with Crippen LogP contribution >= 0.6 is 0 Å². The van der Waals surface area contributed by atoms with Gasteiger partial charge in [0.2, 0.25) is 0 Å². The fourth-order valence-corrected chi connectivity index (χ4v) is 2.88. The van der Waals surface area contributed by atoms with Crippen molar-refractivity contribution in [3.05, 3.63) is 66.2 Å². The zero-order valence-corrected chi connectivity index (χ0v) is 13.6. The van der Waals surface area contributed by atoms with Crippen molar-refractivity contribution >= 4 is 0 Å². The van der Waals surface area contributed by atoms with E-state index in [0.29, 0.717) is 5.82 Å². The Morgan fingerprint density at radius 2 is 1.88 bits per heavy atom. The second-order valence-corrected chi connectivity index (χ2v) is 5.67. The van der Waals surface area contributed by atoms with Crippen LogP contribution in [0.4, 0.5) is 0 Å². The summed E-state index contributed by atoms with van der Waals surface area (Å²) in [5.74, 6) is 1.53. The summed E-state index contributed by atoms with van der Waals surface area (Å²) in [6.07, 6.45) is 3.67. The minimum Gasteiger partial charge on any atom is -0.392 e. The fraction of sp³-hybridized carbons (Fsp3) is 0.111. The molecule has 0 radical (unpaired) electrons. The van der Waals surface area contributed by atoms with E-state index in [9.17, 15) is 5.11 Å². The average molecular weight is 332 g/mol. The number of aromatic nitrogens is 6. The molecule has 7 nitrogen and oxygen atoms in total. The Morgan fingerprint density at radius 3 is 2.52 bits per heavy atom. The van der Waals surface area contributed by atoms with Gasteiger partial charge in [-0.05, 0) is 46.2 Å². The van der Waals surface area contributed by atoms with Crippen LogP contribution in [-0.2, 0) is 6.61 Å². The van der Waals surface area contributed by atoms with Crippen LogP contribution in [0.2, 0.25) is 0 Å². The van der Waals surface area contributed by atoms with Gasteiger partial charge in [-0.2, -0.15) is 0 Å². The largest absolute Gasteiger partial charge is 0.392 e. The topological polar surface area (TPSA) is 92.5 Å². The normalized spacial score (nSPS) is 11.0. The second kappa shape index (κ2) is 6.29. The third-order valence-electron chi connectivity index (χ3n) is 4.18. The van der Waals surface area contributed by atoms with Crippen molar-refractivity contribution in [1.82, 2.24) is 30.2 Å². The molecule has 0 aliphatic carbocycles. The molecule has 0 bridgehead atoms. The summed E-state index contributed by atoms with van der Waals surface area (Å²) >= 11 is 0. The molecule has 0 atom stereocenters. The summed E-state index contributed by atoms with van der Waals surface area (Å²) in [5.41, 5.74) is 4.76. The van der Waals surface area contributed by atoms with Gasteiger partial charge in [-0.25, -0.2) is 10.1 Å². The van der Waals surface area contributed by atoms with Gasteiger partial charge in [-0.1, -0.05) is 30.3 Å². The first-order chi connectivity index (χ1) is 12.3. The van der Waals surface area contributed by atoms with Gasteiger partial charge in [0.05, 0.1) is 6.61 Å². The third-order valence-corrected chi connectivity index (χ3v) is 4.18. The number of aliphatic hydroxyl groups is 1. The Labute approximate surface area is 144 Å². The Morgan fingerprint density at radius 1 is 1.08 bits per heavy atom. The van der Waals surface area contributed by atoms with Crippen molar-refractivity contribution in [3.8, 4) is 28.2 Å². The molecule has 2 aromatic carbocycles. The highest BCUT2D eigenvalue weighted by molar-refractivity contribution is 5.71. The molecule has 2 aromatic heterocycles. The van der Waals surface area contributed by atoms with Crippen molar-refractivity contribution in [2.24, 2.45) is 0 Å². The SMILES string of the molecule is Cc1nccn1-c1ccc(-c2ccc(-c3nnn[nH]3)cc2)c(CO)c1. The van der Waals surface area contributed by atoms with Crippen LogP contribution in [0.3, 0.4) is 0 Å². The molecule has 0 aliphatic heterocycles. The number of aromatic amines is 1. The van der Waals surface area contributed by atoms with Gasteiger partial charge in [0, 0.05) is 23.6 Å². The maximum Gasteiger partial charge on any atom is 0.179 e. The van der Waals surface area contributed by atoms with E-state index in [2.05, 4.69) is 25.6 Å². The van der Waals surface area contributed by atoms with Gasteiger partial charge in [0.1, 0.15) is 5.82 Å². The van der Waals surface area contributed by atoms with Crippen LogP contribution < -0.4 is 0 Å². The number of nitrogens with zero attached hydrogens (tertiary/aromatic N) is 5. The lowest BCUT2D eigenvalue weighted by molar-refractivity contribution is 0.282. The number of aliphatic hydroxyl groups excluding tert-OH is 1. The molecule has 0 aliphatic rings. The summed E-state index contributed by atoms with van der Waals surface area (Å²) in [4.78, 5) is 4.24. The molecule has 0 fully saturated rings. The first-order valence-corrected chi connectivity index (χ1v) is 7.85. The highest BCUT2D eigenvalue weighted by atomic mass is 16.3. The molecule has 2 N–H and O–H groups in total. The Kier molecular flexibility index (Phi) is 3.83. The minimum absolute atomic E-state index is 0.0370. The fourth-order valence-electron chi connectivity index (χ4n) is 2.88. The van der Waals surface area contributed by atoms with E-state index in [1.165, 1.54) is 0 Å². The molecule has 4 rings (SSSR count). The molecule has 124 valence electrons. The number of aryl methyl sites for hydroxylation is 1. The van der Waals surface area contributed by atoms with Gasteiger partial charge in [-0.3, -0.25) is 0 Å². The summed E-state index contributed by atoms with van der Waals surface area (Å²) in [5, 5.41) is 23.6. The van der Waals surface area contributed by atoms with Crippen LogP contribution in [0, 0.1) is 6.92 Å². The maximum atomic E-state index is 9.82. The number of H-pyrrole nitrogens is 1. The zero-order valence-electron chi connectivity index (χ0n) is 13.6. The first-order valence-electron chi connectivity index (χ1n) is 7.85. The van der Waals surface area contributed by atoms with Gasteiger partial charge in [0.25, 0.3) is 0 Å². The van der Waals surface area contributed by atoms with E-state index in [-0.39, 0.29) is 6.61 Å². The molecule has 0 unspecified atom stereocenters. The lowest BCUT2D eigenvalue weighted by Crippen LogP contribution is -1.98. The monoisotopic (exact) mass is 332 g/mol. The van der Waals surface area contributed by atoms with Crippen molar-refractivity contribution < 1.29 is 5.11 Å². The summed E-state index contributed by atoms with van der Waals surface area (Å²) < 4.78 is 1.99. The van der Waals surface area contributed by atoms with E-state index < -0.39 is 0 Å². The number of nitrogens with one attached hydrogen (secondary N) is 1. The van der Waals surface area contributed by atoms with E-state index in [1.54, 1.807) is 6.20 Å². The highest BCUT2D eigenvalue weighted by Gasteiger charge is 2.09. The third kappa shape index (κ3) is 2.81. The van der Waals surface area contributed by atoms with Gasteiger partial charge in [0.15, 0.2) is 5.82 Å². The zero-order chi connectivity index (χ0) is 17.2. The second-order valence-electron chi connectivity index (χ2n) is 5.67. The maximum absolute atomic E-state index is 9.82. The van der Waals surface area contributed by atoms with Crippen LogP contribution in [0.15, 0.2) is 54.9 Å². The van der Waals surface area contributed by atoms with E-state index >= 15 is 0 Å². The van der Waals surface area contributed by atoms with Crippen LogP contribution in [-0.4, -0.2) is 35.3 Å². The minimum atomic E-state index is -0.0370. The average Bonchev–Trinajstić information content (AvgIpc) is 3.33. The summed E-state index contributed by atoms with van der Waals surface area (Å²) in [6.45, 7) is 1.91. The van der Waals surface area contributed by atoms with E-state index in [4.69, 9.17) is 0 Å². The molecular formula is C18H16N6O. The molecule has 2 heterocycles. The number of benzene rings is 2. The smallest absolute Gasteiger partial charge is 0.179 e. The van der Waals surface area contributed by atoms with Gasteiger partial charge in [-0.15, -0.1) is 5.10 Å². The molecule has 0 amide bonds. The Bertz CT molecular complexity index is 989. The number of hydrogen-bond donors (Lipinski definition) is 2. The lowest BCUT2D eigenvalue weighted by atomic mass is 9.98. The van der Waals surface area contributed by atoms with Crippen molar-refractivity contribution in [3.63, 3.8) is 0 Å².